The Bertz CT molecular complexity index is 803. The highest BCUT2D eigenvalue weighted by Gasteiger charge is 2.26. The fourth-order valence-electron chi connectivity index (χ4n) is 2.81. The molecule has 0 saturated carbocycles. The van der Waals surface area contributed by atoms with Crippen LogP contribution < -0.4 is 0 Å². The number of cyclic esters (lactones) is 1. The van der Waals surface area contributed by atoms with E-state index in [1.54, 1.807) is 0 Å². The average Bonchev–Trinajstić information content (AvgIpc) is 2.82. The molecule has 3 aromatic carbocycles. The van der Waals surface area contributed by atoms with E-state index in [4.69, 9.17) is 4.74 Å². The molecule has 18 heavy (non-hydrogen) atoms. The summed E-state index contributed by atoms with van der Waals surface area (Å²) in [6.07, 6.45) is 0. The Kier molecular flexibility index (Phi) is 1.78. The second kappa shape index (κ2) is 3.33. The predicted molar refractivity (Wildman–Crippen MR) is 70.6 cm³/mol. The summed E-state index contributed by atoms with van der Waals surface area (Å²) in [5, 5.41) is 4.42. The monoisotopic (exact) mass is 234 g/mol. The van der Waals surface area contributed by atoms with Crippen LogP contribution in [0.15, 0.2) is 48.5 Å². The Morgan fingerprint density at radius 1 is 0.778 bits per heavy atom. The van der Waals surface area contributed by atoms with Crippen molar-refractivity contribution in [3.8, 4) is 0 Å². The summed E-state index contributed by atoms with van der Waals surface area (Å²) in [7, 11) is 0. The minimum absolute atomic E-state index is 0.202. The van der Waals surface area contributed by atoms with Crippen LogP contribution in [0.4, 0.5) is 0 Å². The first kappa shape index (κ1) is 9.66. The third-order valence-corrected chi connectivity index (χ3v) is 3.59. The van der Waals surface area contributed by atoms with E-state index in [9.17, 15) is 4.79 Å². The summed E-state index contributed by atoms with van der Waals surface area (Å²) < 4.78 is 5.20. The highest BCUT2D eigenvalue weighted by atomic mass is 16.5. The van der Waals surface area contributed by atoms with Gasteiger partial charge in [0.05, 0.1) is 5.56 Å². The molecule has 2 heteroatoms. The van der Waals surface area contributed by atoms with E-state index < -0.39 is 0 Å². The van der Waals surface area contributed by atoms with Crippen molar-refractivity contribution < 1.29 is 9.53 Å². The molecule has 86 valence electrons. The second-order valence-electron chi connectivity index (χ2n) is 4.52. The van der Waals surface area contributed by atoms with Gasteiger partial charge in [0.2, 0.25) is 0 Å². The van der Waals surface area contributed by atoms with Crippen LogP contribution in [0.25, 0.3) is 21.5 Å². The van der Waals surface area contributed by atoms with Gasteiger partial charge in [0, 0.05) is 5.56 Å². The molecule has 0 spiro atoms. The van der Waals surface area contributed by atoms with Gasteiger partial charge in [0.25, 0.3) is 0 Å². The van der Waals surface area contributed by atoms with Gasteiger partial charge in [-0.3, -0.25) is 0 Å². The van der Waals surface area contributed by atoms with Gasteiger partial charge >= 0.3 is 5.97 Å². The van der Waals surface area contributed by atoms with Gasteiger partial charge in [-0.25, -0.2) is 4.79 Å². The van der Waals surface area contributed by atoms with Crippen LogP contribution >= 0.6 is 0 Å². The van der Waals surface area contributed by atoms with E-state index in [2.05, 4.69) is 18.2 Å². The number of fused-ring (bicyclic) bond motifs is 6. The Balaban J connectivity index is 2.36. The molecule has 0 N–H and O–H groups in total. The van der Waals surface area contributed by atoms with Gasteiger partial charge in [0.15, 0.2) is 0 Å². The lowest BCUT2D eigenvalue weighted by atomic mass is 9.93. The van der Waals surface area contributed by atoms with Crippen LogP contribution in [0, 0.1) is 0 Å². The van der Waals surface area contributed by atoms with Crippen LogP contribution in [-0.2, 0) is 11.3 Å². The van der Waals surface area contributed by atoms with E-state index >= 15 is 0 Å². The van der Waals surface area contributed by atoms with Crippen LogP contribution in [-0.4, -0.2) is 5.97 Å². The summed E-state index contributed by atoms with van der Waals surface area (Å²) >= 11 is 0. The Morgan fingerprint density at radius 3 is 2.06 bits per heavy atom. The predicted octanol–water partition coefficient (Wildman–Crippen LogP) is 3.66. The lowest BCUT2D eigenvalue weighted by Crippen LogP contribution is -1.95. The van der Waals surface area contributed by atoms with Crippen LogP contribution in [0.5, 0.6) is 0 Å². The fraction of sp³-hybridized carbons (Fsp3) is 0.0625. The SMILES string of the molecule is O=C1OCc2c1c1ccccc1c1ccccc21. The molecule has 0 aromatic heterocycles. The van der Waals surface area contributed by atoms with Crippen molar-refractivity contribution in [3.05, 3.63) is 59.7 Å². The zero-order valence-electron chi connectivity index (χ0n) is 9.64. The number of benzene rings is 3. The lowest BCUT2D eigenvalue weighted by Gasteiger charge is -2.08. The molecular weight excluding hydrogens is 224 g/mol. The topological polar surface area (TPSA) is 26.3 Å². The number of hydrogen-bond acceptors (Lipinski definition) is 2. The third-order valence-electron chi connectivity index (χ3n) is 3.59. The molecule has 0 bridgehead atoms. The first-order chi connectivity index (χ1) is 8.86. The van der Waals surface area contributed by atoms with Gasteiger partial charge in [-0.2, -0.15) is 0 Å². The number of carbonyl (C=O) groups excluding carboxylic acids is 1. The smallest absolute Gasteiger partial charge is 0.339 e. The van der Waals surface area contributed by atoms with E-state index in [1.165, 1.54) is 5.39 Å². The normalized spacial score (nSPS) is 13.9. The Morgan fingerprint density at radius 2 is 1.33 bits per heavy atom. The van der Waals surface area contributed by atoms with Gasteiger partial charge < -0.3 is 4.74 Å². The highest BCUT2D eigenvalue weighted by molar-refractivity contribution is 6.18. The maximum absolute atomic E-state index is 11.9. The molecule has 0 saturated heterocycles. The molecule has 1 heterocycles. The zero-order chi connectivity index (χ0) is 12.1. The standard InChI is InChI=1S/C16H10O2/c17-16-15-13-8-4-3-6-11(13)10-5-1-2-7-12(10)14(15)9-18-16/h1-8H,9H2. The minimum Gasteiger partial charge on any atom is -0.457 e. The average molecular weight is 234 g/mol. The third kappa shape index (κ3) is 1.10. The first-order valence-electron chi connectivity index (χ1n) is 5.96. The van der Waals surface area contributed by atoms with Crippen molar-refractivity contribution >= 4 is 27.5 Å². The summed E-state index contributed by atoms with van der Waals surface area (Å²) in [6, 6.07) is 16.2. The largest absolute Gasteiger partial charge is 0.457 e. The summed E-state index contributed by atoms with van der Waals surface area (Å²) in [6.45, 7) is 0.388. The van der Waals surface area contributed by atoms with Gasteiger partial charge in [0.1, 0.15) is 6.61 Å². The number of rotatable bonds is 0. The van der Waals surface area contributed by atoms with Crippen molar-refractivity contribution in [1.29, 1.82) is 0 Å². The number of ether oxygens (including phenoxy) is 1. The quantitative estimate of drug-likeness (QED) is 0.438. The fourth-order valence-corrected chi connectivity index (χ4v) is 2.81. The molecule has 0 aliphatic carbocycles. The van der Waals surface area contributed by atoms with E-state index in [0.29, 0.717) is 6.61 Å². The van der Waals surface area contributed by atoms with Gasteiger partial charge in [-0.1, -0.05) is 48.5 Å². The minimum atomic E-state index is -0.202. The lowest BCUT2D eigenvalue weighted by molar-refractivity contribution is 0.0537. The molecule has 1 aliphatic heterocycles. The van der Waals surface area contributed by atoms with E-state index in [-0.39, 0.29) is 5.97 Å². The Labute approximate surface area is 104 Å². The number of esters is 1. The number of hydrogen-bond donors (Lipinski definition) is 0. The van der Waals surface area contributed by atoms with Crippen molar-refractivity contribution in [2.24, 2.45) is 0 Å². The second-order valence-corrected chi connectivity index (χ2v) is 4.52. The van der Waals surface area contributed by atoms with Crippen molar-refractivity contribution in [3.63, 3.8) is 0 Å². The molecule has 4 rings (SSSR count). The van der Waals surface area contributed by atoms with E-state index in [1.807, 2.05) is 30.3 Å². The molecule has 0 unspecified atom stereocenters. The van der Waals surface area contributed by atoms with Crippen LogP contribution in [0.3, 0.4) is 0 Å². The van der Waals surface area contributed by atoms with Crippen LogP contribution in [0.2, 0.25) is 0 Å². The zero-order valence-corrected chi connectivity index (χ0v) is 9.64. The molecule has 2 nitrogen and oxygen atoms in total. The van der Waals surface area contributed by atoms with Crippen LogP contribution in [0.1, 0.15) is 15.9 Å². The molecule has 0 fully saturated rings. The molecule has 0 atom stereocenters. The molecular formula is C16H10O2. The van der Waals surface area contributed by atoms with Crippen molar-refractivity contribution in [2.75, 3.05) is 0 Å². The molecule has 1 aliphatic rings. The van der Waals surface area contributed by atoms with Crippen molar-refractivity contribution in [2.45, 2.75) is 6.61 Å². The molecule has 0 radical (unpaired) electrons. The first-order valence-corrected chi connectivity index (χ1v) is 5.96. The molecule has 0 amide bonds. The maximum Gasteiger partial charge on any atom is 0.339 e. The number of carbonyl (C=O) groups is 1. The molecule has 3 aromatic rings. The summed E-state index contributed by atoms with van der Waals surface area (Å²) in [5.41, 5.74) is 1.76. The highest BCUT2D eigenvalue weighted by Crippen LogP contribution is 2.36. The van der Waals surface area contributed by atoms with Crippen molar-refractivity contribution in [1.82, 2.24) is 0 Å². The Hall–Kier alpha value is -2.35. The maximum atomic E-state index is 11.9. The summed E-state index contributed by atoms with van der Waals surface area (Å²) in [5.74, 6) is -0.202. The van der Waals surface area contributed by atoms with Gasteiger partial charge in [-0.05, 0) is 21.5 Å². The summed E-state index contributed by atoms with van der Waals surface area (Å²) in [4.78, 5) is 11.9. The van der Waals surface area contributed by atoms with E-state index in [0.717, 1.165) is 27.3 Å². The van der Waals surface area contributed by atoms with Gasteiger partial charge in [-0.15, -0.1) is 0 Å².